The van der Waals surface area contributed by atoms with Gasteiger partial charge in [-0.2, -0.15) is 0 Å². The van der Waals surface area contributed by atoms with Crippen molar-refractivity contribution >= 4 is 11.9 Å². The highest BCUT2D eigenvalue weighted by Gasteiger charge is 2.26. The van der Waals surface area contributed by atoms with Gasteiger partial charge in [0.2, 0.25) is 0 Å². The standard InChI is InChI=1S/C23H36O4/c1-22(2,20(24)25)16-10-5-6-12-18-13-7-8-14-19(18)15-9-11-17-23(3,4)21(26)27/h7-8,13-14H,5-6,9-12,15-17H2,1-4H3,(H,24,25)(H,26,27). The summed E-state index contributed by atoms with van der Waals surface area (Å²) >= 11 is 0. The largest absolute Gasteiger partial charge is 0.481 e. The Bertz CT molecular complexity index is 617. The highest BCUT2D eigenvalue weighted by Crippen LogP contribution is 2.26. The van der Waals surface area contributed by atoms with Gasteiger partial charge in [0, 0.05) is 0 Å². The number of benzene rings is 1. The number of carboxylic acid groups (broad SMARTS) is 2. The number of aryl methyl sites for hydroxylation is 2. The van der Waals surface area contributed by atoms with E-state index in [0.29, 0.717) is 12.8 Å². The Morgan fingerprint density at radius 1 is 0.704 bits per heavy atom. The lowest BCUT2D eigenvalue weighted by molar-refractivity contribution is -0.148. The monoisotopic (exact) mass is 376 g/mol. The molecule has 0 unspecified atom stereocenters. The molecule has 0 spiro atoms. The van der Waals surface area contributed by atoms with E-state index < -0.39 is 22.8 Å². The van der Waals surface area contributed by atoms with E-state index in [1.807, 2.05) is 0 Å². The molecule has 0 fully saturated rings. The quantitative estimate of drug-likeness (QED) is 0.432. The minimum Gasteiger partial charge on any atom is -0.481 e. The number of hydrogen-bond acceptors (Lipinski definition) is 2. The van der Waals surface area contributed by atoms with Gasteiger partial charge in [-0.3, -0.25) is 9.59 Å². The molecule has 1 rings (SSSR count). The summed E-state index contributed by atoms with van der Waals surface area (Å²) in [4.78, 5) is 22.3. The van der Waals surface area contributed by atoms with Gasteiger partial charge in [0.1, 0.15) is 0 Å². The molecule has 0 aliphatic carbocycles. The van der Waals surface area contributed by atoms with Gasteiger partial charge < -0.3 is 10.2 Å². The summed E-state index contributed by atoms with van der Waals surface area (Å²) in [5, 5.41) is 18.4. The maximum atomic E-state index is 11.2. The fourth-order valence-electron chi connectivity index (χ4n) is 3.20. The van der Waals surface area contributed by atoms with Gasteiger partial charge in [-0.15, -0.1) is 0 Å². The van der Waals surface area contributed by atoms with Crippen molar-refractivity contribution in [3.63, 3.8) is 0 Å². The van der Waals surface area contributed by atoms with E-state index in [1.165, 1.54) is 11.1 Å². The van der Waals surface area contributed by atoms with Gasteiger partial charge in [-0.1, -0.05) is 43.5 Å². The number of aliphatic carboxylic acids is 2. The molecule has 2 N–H and O–H groups in total. The molecule has 0 saturated heterocycles. The van der Waals surface area contributed by atoms with Gasteiger partial charge in [-0.25, -0.2) is 0 Å². The van der Waals surface area contributed by atoms with Crippen molar-refractivity contribution < 1.29 is 19.8 Å². The molecule has 0 bridgehead atoms. The first-order valence-electron chi connectivity index (χ1n) is 10.1. The minimum absolute atomic E-state index is 0.637. The smallest absolute Gasteiger partial charge is 0.309 e. The predicted molar refractivity (Wildman–Crippen MR) is 109 cm³/mol. The molecule has 0 atom stereocenters. The van der Waals surface area contributed by atoms with Gasteiger partial charge in [-0.05, 0) is 77.3 Å². The van der Waals surface area contributed by atoms with Gasteiger partial charge in [0.05, 0.1) is 10.8 Å². The molecule has 0 radical (unpaired) electrons. The van der Waals surface area contributed by atoms with Crippen LogP contribution in [0.15, 0.2) is 24.3 Å². The summed E-state index contributed by atoms with van der Waals surface area (Å²) in [6.07, 6.45) is 8.37. The highest BCUT2D eigenvalue weighted by atomic mass is 16.4. The number of carboxylic acids is 2. The van der Waals surface area contributed by atoms with Gasteiger partial charge in [0.25, 0.3) is 0 Å². The molecule has 4 heteroatoms. The molecule has 0 aromatic heterocycles. The molecule has 0 saturated carbocycles. The summed E-state index contributed by atoms with van der Waals surface area (Å²) in [6, 6.07) is 8.48. The molecule has 1 aromatic rings. The summed E-state index contributed by atoms with van der Waals surface area (Å²) in [7, 11) is 0. The van der Waals surface area contributed by atoms with Crippen LogP contribution in [-0.4, -0.2) is 22.2 Å². The van der Waals surface area contributed by atoms with Crippen LogP contribution >= 0.6 is 0 Å². The lowest BCUT2D eigenvalue weighted by Crippen LogP contribution is -2.23. The third-order valence-corrected chi connectivity index (χ3v) is 5.52. The summed E-state index contributed by atoms with van der Waals surface area (Å²) in [5.41, 5.74) is 1.44. The van der Waals surface area contributed by atoms with Crippen LogP contribution in [0.5, 0.6) is 0 Å². The zero-order valence-electron chi connectivity index (χ0n) is 17.4. The Morgan fingerprint density at radius 2 is 1.07 bits per heavy atom. The second-order valence-electron chi connectivity index (χ2n) is 8.91. The number of carbonyl (C=O) groups is 2. The van der Waals surface area contributed by atoms with Crippen LogP contribution in [0.4, 0.5) is 0 Å². The van der Waals surface area contributed by atoms with E-state index >= 15 is 0 Å². The predicted octanol–water partition coefficient (Wildman–Crippen LogP) is 5.72. The summed E-state index contributed by atoms with van der Waals surface area (Å²) in [6.45, 7) is 7.15. The number of rotatable bonds is 13. The van der Waals surface area contributed by atoms with Gasteiger partial charge in [0.15, 0.2) is 0 Å². The second-order valence-corrected chi connectivity index (χ2v) is 8.91. The van der Waals surface area contributed by atoms with Crippen LogP contribution in [0.1, 0.15) is 83.8 Å². The van der Waals surface area contributed by atoms with E-state index in [4.69, 9.17) is 5.11 Å². The fourth-order valence-corrected chi connectivity index (χ4v) is 3.20. The average Bonchev–Trinajstić information content (AvgIpc) is 2.59. The van der Waals surface area contributed by atoms with Crippen molar-refractivity contribution in [2.45, 2.75) is 85.5 Å². The maximum absolute atomic E-state index is 11.2. The number of hydrogen-bond donors (Lipinski definition) is 2. The van der Waals surface area contributed by atoms with Crippen LogP contribution in [0, 0.1) is 10.8 Å². The Morgan fingerprint density at radius 3 is 1.48 bits per heavy atom. The first-order chi connectivity index (χ1) is 12.6. The lowest BCUT2D eigenvalue weighted by atomic mass is 9.86. The van der Waals surface area contributed by atoms with Crippen LogP contribution < -0.4 is 0 Å². The SMILES string of the molecule is CC(C)(CCCCCc1ccccc1CCCCC(C)(C)C(=O)O)C(=O)O. The van der Waals surface area contributed by atoms with Crippen molar-refractivity contribution in [3.05, 3.63) is 35.4 Å². The highest BCUT2D eigenvalue weighted by molar-refractivity contribution is 5.73. The average molecular weight is 377 g/mol. The zero-order chi connectivity index (χ0) is 20.5. The van der Waals surface area contributed by atoms with E-state index in [2.05, 4.69) is 24.3 Å². The Kier molecular flexibility index (Phi) is 9.01. The lowest BCUT2D eigenvalue weighted by Gasteiger charge is -2.19. The topological polar surface area (TPSA) is 74.6 Å². The molecule has 4 nitrogen and oxygen atoms in total. The van der Waals surface area contributed by atoms with Crippen molar-refractivity contribution in [2.24, 2.45) is 10.8 Å². The fraction of sp³-hybridized carbons (Fsp3) is 0.652. The van der Waals surface area contributed by atoms with E-state index in [1.54, 1.807) is 27.7 Å². The normalized spacial score (nSPS) is 12.1. The van der Waals surface area contributed by atoms with E-state index in [0.717, 1.165) is 44.9 Å². The van der Waals surface area contributed by atoms with E-state index in [-0.39, 0.29) is 0 Å². The van der Waals surface area contributed by atoms with Crippen molar-refractivity contribution in [1.29, 1.82) is 0 Å². The minimum atomic E-state index is -0.728. The zero-order valence-corrected chi connectivity index (χ0v) is 17.4. The maximum Gasteiger partial charge on any atom is 0.309 e. The molecular formula is C23H36O4. The Hall–Kier alpha value is -1.84. The van der Waals surface area contributed by atoms with Crippen LogP contribution in [0.2, 0.25) is 0 Å². The molecule has 0 heterocycles. The Balaban J connectivity index is 2.39. The molecule has 0 aliphatic rings. The van der Waals surface area contributed by atoms with E-state index in [9.17, 15) is 14.7 Å². The molecule has 0 aliphatic heterocycles. The number of unbranched alkanes of at least 4 members (excludes halogenated alkanes) is 3. The first-order valence-corrected chi connectivity index (χ1v) is 10.1. The molecule has 0 amide bonds. The van der Waals surface area contributed by atoms with Crippen molar-refractivity contribution in [1.82, 2.24) is 0 Å². The Labute approximate surface area is 164 Å². The summed E-state index contributed by atoms with van der Waals surface area (Å²) < 4.78 is 0. The first kappa shape index (κ1) is 23.2. The second kappa shape index (κ2) is 10.5. The van der Waals surface area contributed by atoms with Gasteiger partial charge >= 0.3 is 11.9 Å². The third kappa shape index (κ3) is 8.15. The van der Waals surface area contributed by atoms with Crippen molar-refractivity contribution in [2.75, 3.05) is 0 Å². The van der Waals surface area contributed by atoms with Crippen LogP contribution in [0.3, 0.4) is 0 Å². The summed E-state index contributed by atoms with van der Waals surface area (Å²) in [5.74, 6) is -1.45. The molecular weight excluding hydrogens is 340 g/mol. The molecule has 152 valence electrons. The van der Waals surface area contributed by atoms with Crippen LogP contribution in [-0.2, 0) is 22.4 Å². The molecule has 27 heavy (non-hydrogen) atoms. The third-order valence-electron chi connectivity index (χ3n) is 5.52. The van der Waals surface area contributed by atoms with Crippen molar-refractivity contribution in [3.8, 4) is 0 Å². The molecule has 1 aromatic carbocycles. The van der Waals surface area contributed by atoms with Crippen LogP contribution in [0.25, 0.3) is 0 Å².